The molecular formula is C5H7OPS2. The molecule has 0 spiro atoms. The summed E-state index contributed by atoms with van der Waals surface area (Å²) < 4.78 is 5.19. The van der Waals surface area contributed by atoms with E-state index in [2.05, 4.69) is 18.2 Å². The summed E-state index contributed by atoms with van der Waals surface area (Å²) in [6, 6.07) is 0. The number of terminal acetylenes is 1. The predicted molar refractivity (Wildman–Crippen MR) is 46.4 cm³/mol. The Balaban J connectivity index is 2.60. The molecule has 0 amide bonds. The molecule has 0 aromatic heterocycles. The van der Waals surface area contributed by atoms with Crippen molar-refractivity contribution in [2.24, 2.45) is 5.92 Å². The van der Waals surface area contributed by atoms with Crippen molar-refractivity contribution in [3.63, 3.8) is 0 Å². The van der Waals surface area contributed by atoms with E-state index in [1.165, 1.54) is 0 Å². The van der Waals surface area contributed by atoms with Crippen LogP contribution < -0.4 is 0 Å². The summed E-state index contributed by atoms with van der Waals surface area (Å²) in [5.41, 5.74) is -1.73. The van der Waals surface area contributed by atoms with Crippen LogP contribution in [0.5, 0.6) is 0 Å². The molecule has 1 aliphatic heterocycles. The average molecular weight is 178 g/mol. The molecule has 0 radical (unpaired) electrons. The first-order valence-electron chi connectivity index (χ1n) is 2.56. The Morgan fingerprint density at radius 1 is 1.89 bits per heavy atom. The highest BCUT2D eigenvalue weighted by atomic mass is 32.9. The maximum absolute atomic E-state index is 5.19. The standard InChI is InChI=1S/C5H7OPS2/c1-2-5-3-6-7(8,9)4-5/h1,5H,3-4H2,(H,8,9). The van der Waals surface area contributed by atoms with Gasteiger partial charge in [0.1, 0.15) is 5.47 Å². The van der Waals surface area contributed by atoms with Crippen molar-refractivity contribution in [3.05, 3.63) is 0 Å². The van der Waals surface area contributed by atoms with Gasteiger partial charge in [-0.15, -0.1) is 24.6 Å². The van der Waals surface area contributed by atoms with Crippen LogP contribution >= 0.6 is 17.7 Å². The quantitative estimate of drug-likeness (QED) is 0.342. The smallest absolute Gasteiger partial charge is 0.118 e. The lowest BCUT2D eigenvalue weighted by Gasteiger charge is -2.01. The third kappa shape index (κ3) is 1.98. The summed E-state index contributed by atoms with van der Waals surface area (Å²) in [5.74, 6) is 2.82. The Kier molecular flexibility index (Phi) is 2.23. The summed E-state index contributed by atoms with van der Waals surface area (Å²) >= 11 is 9.18. The third-order valence-electron chi connectivity index (χ3n) is 1.16. The van der Waals surface area contributed by atoms with Crippen LogP contribution in [0.3, 0.4) is 0 Å². The van der Waals surface area contributed by atoms with E-state index >= 15 is 0 Å². The van der Waals surface area contributed by atoms with Crippen molar-refractivity contribution >= 4 is 29.5 Å². The molecule has 0 saturated carbocycles. The van der Waals surface area contributed by atoms with E-state index in [1.54, 1.807) is 0 Å². The Labute approximate surface area is 65.4 Å². The van der Waals surface area contributed by atoms with Crippen LogP contribution in [0.2, 0.25) is 0 Å². The molecule has 1 nitrogen and oxygen atoms in total. The van der Waals surface area contributed by atoms with Gasteiger partial charge in [0.05, 0.1) is 12.5 Å². The largest absolute Gasteiger partial charge is 0.340 e. The first-order chi connectivity index (χ1) is 4.14. The second kappa shape index (κ2) is 2.64. The van der Waals surface area contributed by atoms with Gasteiger partial charge in [0, 0.05) is 6.16 Å². The summed E-state index contributed by atoms with van der Waals surface area (Å²) in [6.07, 6.45) is 5.96. The normalized spacial score (nSPS) is 42.4. The van der Waals surface area contributed by atoms with Gasteiger partial charge in [0.15, 0.2) is 0 Å². The topological polar surface area (TPSA) is 9.23 Å². The van der Waals surface area contributed by atoms with Crippen molar-refractivity contribution in [1.29, 1.82) is 0 Å². The van der Waals surface area contributed by atoms with Gasteiger partial charge in [-0.1, -0.05) is 11.8 Å². The average Bonchev–Trinajstić information content (AvgIpc) is 2.10. The first kappa shape index (κ1) is 7.63. The maximum atomic E-state index is 5.19. The van der Waals surface area contributed by atoms with Gasteiger partial charge in [-0.3, -0.25) is 0 Å². The lowest BCUT2D eigenvalue weighted by Crippen LogP contribution is -1.96. The Morgan fingerprint density at radius 3 is 2.78 bits per heavy atom. The molecule has 1 saturated heterocycles. The zero-order valence-electron chi connectivity index (χ0n) is 4.78. The van der Waals surface area contributed by atoms with Gasteiger partial charge in [0.25, 0.3) is 0 Å². The van der Waals surface area contributed by atoms with Crippen molar-refractivity contribution in [1.82, 2.24) is 0 Å². The van der Waals surface area contributed by atoms with Crippen LogP contribution in [0.1, 0.15) is 0 Å². The summed E-state index contributed by atoms with van der Waals surface area (Å²) in [5, 5.41) is 0. The second-order valence-electron chi connectivity index (χ2n) is 1.98. The van der Waals surface area contributed by atoms with Crippen LogP contribution in [0.25, 0.3) is 0 Å². The highest BCUT2D eigenvalue weighted by Gasteiger charge is 2.26. The Hall–Kier alpha value is 0.520. The number of rotatable bonds is 0. The van der Waals surface area contributed by atoms with Gasteiger partial charge in [-0.05, 0) is 0 Å². The Bertz CT molecular complexity index is 196. The number of hydrogen-bond donors (Lipinski definition) is 1. The lowest BCUT2D eigenvalue weighted by atomic mass is 10.2. The summed E-state index contributed by atoms with van der Waals surface area (Å²) in [6.45, 7) is 0.608. The van der Waals surface area contributed by atoms with Crippen molar-refractivity contribution in [2.75, 3.05) is 12.8 Å². The molecule has 0 aromatic rings. The molecule has 0 N–H and O–H groups in total. The van der Waals surface area contributed by atoms with E-state index in [1.807, 2.05) is 0 Å². The van der Waals surface area contributed by atoms with Crippen LogP contribution in [0.15, 0.2) is 0 Å². The minimum Gasteiger partial charge on any atom is -0.340 e. The highest BCUT2D eigenvalue weighted by molar-refractivity contribution is 8.61. The number of hydrogen-bond acceptors (Lipinski definition) is 2. The van der Waals surface area contributed by atoms with E-state index in [-0.39, 0.29) is 5.92 Å². The molecule has 1 fully saturated rings. The summed E-state index contributed by atoms with van der Waals surface area (Å²) in [7, 11) is 0. The zero-order chi connectivity index (χ0) is 6.91. The fourth-order valence-corrected chi connectivity index (χ4v) is 3.49. The van der Waals surface area contributed by atoms with Crippen molar-refractivity contribution < 1.29 is 4.52 Å². The van der Waals surface area contributed by atoms with Gasteiger partial charge in [-0.25, -0.2) is 0 Å². The zero-order valence-corrected chi connectivity index (χ0v) is 7.39. The molecule has 0 bridgehead atoms. The maximum Gasteiger partial charge on any atom is 0.118 e. The summed E-state index contributed by atoms with van der Waals surface area (Å²) in [4.78, 5) is 0. The van der Waals surface area contributed by atoms with E-state index in [0.29, 0.717) is 6.61 Å². The van der Waals surface area contributed by atoms with Gasteiger partial charge < -0.3 is 4.52 Å². The van der Waals surface area contributed by atoms with Crippen LogP contribution in [0, 0.1) is 18.3 Å². The molecule has 0 aromatic carbocycles. The molecule has 1 heterocycles. The SMILES string of the molecule is C#CC1COP(=S)(S)C1. The molecule has 9 heavy (non-hydrogen) atoms. The van der Waals surface area contributed by atoms with Crippen LogP contribution in [0.4, 0.5) is 0 Å². The van der Waals surface area contributed by atoms with Crippen molar-refractivity contribution in [3.8, 4) is 12.3 Å². The molecule has 4 heteroatoms. The molecule has 2 unspecified atom stereocenters. The molecular weight excluding hydrogens is 171 g/mol. The molecule has 50 valence electrons. The van der Waals surface area contributed by atoms with Gasteiger partial charge in [-0.2, -0.15) is 0 Å². The molecule has 1 rings (SSSR count). The van der Waals surface area contributed by atoms with E-state index in [0.717, 1.165) is 6.16 Å². The van der Waals surface area contributed by atoms with E-state index < -0.39 is 5.47 Å². The second-order valence-corrected chi connectivity index (χ2v) is 8.40. The third-order valence-corrected chi connectivity index (χ3v) is 4.22. The van der Waals surface area contributed by atoms with Gasteiger partial charge >= 0.3 is 0 Å². The molecule has 0 aliphatic carbocycles. The minimum absolute atomic E-state index is 0.216. The monoisotopic (exact) mass is 178 g/mol. The fraction of sp³-hybridized carbons (Fsp3) is 0.600. The van der Waals surface area contributed by atoms with Crippen molar-refractivity contribution in [2.45, 2.75) is 0 Å². The molecule has 1 aliphatic rings. The predicted octanol–water partition coefficient (Wildman–Crippen LogP) is 1.51. The van der Waals surface area contributed by atoms with E-state index in [9.17, 15) is 0 Å². The fourth-order valence-electron chi connectivity index (χ4n) is 0.691. The lowest BCUT2D eigenvalue weighted by molar-refractivity contribution is 0.365. The van der Waals surface area contributed by atoms with Crippen LogP contribution in [-0.2, 0) is 16.3 Å². The Morgan fingerprint density at radius 2 is 2.56 bits per heavy atom. The highest BCUT2D eigenvalue weighted by Crippen LogP contribution is 2.57. The number of thiol groups is 1. The van der Waals surface area contributed by atoms with Crippen LogP contribution in [-0.4, -0.2) is 12.8 Å². The minimum atomic E-state index is -1.73. The van der Waals surface area contributed by atoms with Gasteiger partial charge in [0.2, 0.25) is 0 Å². The van der Waals surface area contributed by atoms with E-state index in [4.69, 9.17) is 22.8 Å². The molecule has 2 atom stereocenters. The first-order valence-corrected chi connectivity index (χ1v) is 6.62.